The SMILES string of the molecule is COCCCn1nnnc1-c1cc(OC)ccc1N. The van der Waals surface area contributed by atoms with E-state index in [0.717, 1.165) is 17.7 Å². The van der Waals surface area contributed by atoms with Crippen LogP contribution < -0.4 is 10.5 Å². The molecule has 1 aromatic carbocycles. The van der Waals surface area contributed by atoms with Gasteiger partial charge in [-0.1, -0.05) is 0 Å². The van der Waals surface area contributed by atoms with Crippen molar-refractivity contribution in [3.63, 3.8) is 0 Å². The van der Waals surface area contributed by atoms with E-state index in [2.05, 4.69) is 15.5 Å². The second-order valence-corrected chi connectivity index (χ2v) is 4.03. The first-order chi connectivity index (χ1) is 9.26. The third-order valence-corrected chi connectivity index (χ3v) is 2.75. The van der Waals surface area contributed by atoms with Gasteiger partial charge in [0.25, 0.3) is 0 Å². The Morgan fingerprint density at radius 2 is 2.16 bits per heavy atom. The van der Waals surface area contributed by atoms with Gasteiger partial charge in [-0.2, -0.15) is 0 Å². The Kier molecular flexibility index (Phi) is 4.30. The Labute approximate surface area is 111 Å². The van der Waals surface area contributed by atoms with Gasteiger partial charge in [-0.3, -0.25) is 0 Å². The molecule has 0 aliphatic heterocycles. The molecule has 102 valence electrons. The number of aryl methyl sites for hydroxylation is 1. The molecule has 0 fully saturated rings. The van der Waals surface area contributed by atoms with Crippen LogP contribution in [0.1, 0.15) is 6.42 Å². The van der Waals surface area contributed by atoms with E-state index in [1.807, 2.05) is 6.07 Å². The Morgan fingerprint density at radius 1 is 1.32 bits per heavy atom. The van der Waals surface area contributed by atoms with Gasteiger partial charge in [-0.15, -0.1) is 5.10 Å². The molecule has 0 radical (unpaired) electrons. The molecule has 19 heavy (non-hydrogen) atoms. The van der Waals surface area contributed by atoms with Gasteiger partial charge in [0, 0.05) is 31.5 Å². The second-order valence-electron chi connectivity index (χ2n) is 4.03. The zero-order chi connectivity index (χ0) is 13.7. The summed E-state index contributed by atoms with van der Waals surface area (Å²) in [6.45, 7) is 1.33. The molecule has 7 heteroatoms. The molecule has 0 aliphatic carbocycles. The molecule has 0 bridgehead atoms. The molecule has 0 amide bonds. The number of aromatic nitrogens is 4. The predicted octanol–water partition coefficient (Wildman–Crippen LogP) is 0.967. The number of hydrogen-bond acceptors (Lipinski definition) is 6. The summed E-state index contributed by atoms with van der Waals surface area (Å²) in [5.41, 5.74) is 7.35. The molecule has 2 N–H and O–H groups in total. The van der Waals surface area contributed by atoms with Crippen molar-refractivity contribution in [1.29, 1.82) is 0 Å². The van der Waals surface area contributed by atoms with Crippen molar-refractivity contribution in [3.8, 4) is 17.1 Å². The van der Waals surface area contributed by atoms with Gasteiger partial charge in [-0.05, 0) is 35.0 Å². The Bertz CT molecular complexity index is 541. The highest BCUT2D eigenvalue weighted by Crippen LogP contribution is 2.27. The van der Waals surface area contributed by atoms with Crippen LogP contribution in [0.25, 0.3) is 11.4 Å². The maximum Gasteiger partial charge on any atom is 0.184 e. The lowest BCUT2D eigenvalue weighted by Crippen LogP contribution is -2.06. The molecule has 1 heterocycles. The summed E-state index contributed by atoms with van der Waals surface area (Å²) >= 11 is 0. The Hall–Kier alpha value is -2.15. The molecule has 0 saturated heterocycles. The second kappa shape index (κ2) is 6.14. The normalized spacial score (nSPS) is 10.6. The van der Waals surface area contributed by atoms with Crippen LogP contribution in [0.5, 0.6) is 5.75 Å². The fourth-order valence-electron chi connectivity index (χ4n) is 1.76. The number of nitrogens with zero attached hydrogens (tertiary/aromatic N) is 4. The first-order valence-corrected chi connectivity index (χ1v) is 5.95. The van der Waals surface area contributed by atoms with Crippen molar-refractivity contribution in [3.05, 3.63) is 18.2 Å². The number of tetrazole rings is 1. The number of nitrogens with two attached hydrogens (primary N) is 1. The summed E-state index contributed by atoms with van der Waals surface area (Å²) in [5, 5.41) is 11.7. The van der Waals surface area contributed by atoms with Crippen molar-refractivity contribution in [2.75, 3.05) is 26.6 Å². The Balaban J connectivity index is 2.28. The van der Waals surface area contributed by atoms with Crippen LogP contribution in [0.4, 0.5) is 5.69 Å². The highest BCUT2D eigenvalue weighted by molar-refractivity contribution is 5.72. The predicted molar refractivity (Wildman–Crippen MR) is 70.7 cm³/mol. The van der Waals surface area contributed by atoms with Crippen molar-refractivity contribution in [2.45, 2.75) is 13.0 Å². The molecule has 0 atom stereocenters. The lowest BCUT2D eigenvalue weighted by Gasteiger charge is -2.08. The summed E-state index contributed by atoms with van der Waals surface area (Å²) in [4.78, 5) is 0. The van der Waals surface area contributed by atoms with E-state index in [9.17, 15) is 0 Å². The lowest BCUT2D eigenvalue weighted by atomic mass is 10.1. The molecule has 0 aliphatic rings. The van der Waals surface area contributed by atoms with Gasteiger partial charge in [-0.25, -0.2) is 4.68 Å². The van der Waals surface area contributed by atoms with E-state index in [4.69, 9.17) is 15.2 Å². The van der Waals surface area contributed by atoms with E-state index in [0.29, 0.717) is 24.7 Å². The van der Waals surface area contributed by atoms with Crippen LogP contribution in [-0.4, -0.2) is 41.0 Å². The summed E-state index contributed by atoms with van der Waals surface area (Å²) in [5.74, 6) is 1.35. The van der Waals surface area contributed by atoms with Crippen molar-refractivity contribution < 1.29 is 9.47 Å². The number of nitrogen functional groups attached to an aromatic ring is 1. The molecule has 2 aromatic rings. The van der Waals surface area contributed by atoms with Gasteiger partial charge in [0.05, 0.1) is 7.11 Å². The highest BCUT2D eigenvalue weighted by atomic mass is 16.5. The van der Waals surface area contributed by atoms with E-state index in [1.54, 1.807) is 31.0 Å². The minimum absolute atomic E-state index is 0.614. The maximum atomic E-state index is 5.97. The van der Waals surface area contributed by atoms with Gasteiger partial charge in [0.1, 0.15) is 5.75 Å². The largest absolute Gasteiger partial charge is 0.497 e. The average Bonchev–Trinajstić information content (AvgIpc) is 2.88. The molecular weight excluding hydrogens is 246 g/mol. The van der Waals surface area contributed by atoms with Crippen molar-refractivity contribution in [1.82, 2.24) is 20.2 Å². The standard InChI is InChI=1S/C12H17N5O2/c1-18-7-3-6-17-12(14-15-16-17)10-8-9(19-2)4-5-11(10)13/h4-5,8H,3,6-7,13H2,1-2H3. The third-order valence-electron chi connectivity index (χ3n) is 2.75. The molecular formula is C12H17N5O2. The number of benzene rings is 1. The van der Waals surface area contributed by atoms with E-state index < -0.39 is 0 Å². The van der Waals surface area contributed by atoms with Crippen LogP contribution in [0.2, 0.25) is 0 Å². The van der Waals surface area contributed by atoms with Crippen LogP contribution in [0.15, 0.2) is 18.2 Å². The average molecular weight is 263 g/mol. The Morgan fingerprint density at radius 3 is 2.89 bits per heavy atom. The van der Waals surface area contributed by atoms with Crippen molar-refractivity contribution in [2.24, 2.45) is 0 Å². The molecule has 0 unspecified atom stereocenters. The topological polar surface area (TPSA) is 88.1 Å². The smallest absolute Gasteiger partial charge is 0.184 e. The number of anilines is 1. The van der Waals surface area contributed by atoms with Gasteiger partial charge in [0.15, 0.2) is 5.82 Å². The molecule has 7 nitrogen and oxygen atoms in total. The zero-order valence-electron chi connectivity index (χ0n) is 11.0. The quantitative estimate of drug-likeness (QED) is 0.617. The van der Waals surface area contributed by atoms with E-state index in [1.165, 1.54) is 0 Å². The first kappa shape index (κ1) is 13.3. The van der Waals surface area contributed by atoms with Gasteiger partial charge in [0.2, 0.25) is 0 Å². The van der Waals surface area contributed by atoms with Crippen LogP contribution in [0, 0.1) is 0 Å². The van der Waals surface area contributed by atoms with Crippen molar-refractivity contribution >= 4 is 5.69 Å². The molecule has 1 aromatic heterocycles. The zero-order valence-corrected chi connectivity index (χ0v) is 11.0. The van der Waals surface area contributed by atoms with Crippen LogP contribution in [0.3, 0.4) is 0 Å². The number of hydrogen-bond donors (Lipinski definition) is 1. The minimum atomic E-state index is 0.614. The third kappa shape index (κ3) is 3.00. The number of methoxy groups -OCH3 is 2. The monoisotopic (exact) mass is 263 g/mol. The molecule has 0 saturated carbocycles. The fourth-order valence-corrected chi connectivity index (χ4v) is 1.76. The number of rotatable bonds is 6. The van der Waals surface area contributed by atoms with Crippen LogP contribution in [-0.2, 0) is 11.3 Å². The maximum absolute atomic E-state index is 5.97. The number of ether oxygens (including phenoxy) is 2. The fraction of sp³-hybridized carbons (Fsp3) is 0.417. The summed E-state index contributed by atoms with van der Waals surface area (Å²) in [6, 6.07) is 5.41. The highest BCUT2D eigenvalue weighted by Gasteiger charge is 2.12. The molecule has 0 spiro atoms. The lowest BCUT2D eigenvalue weighted by molar-refractivity contribution is 0.189. The summed E-state index contributed by atoms with van der Waals surface area (Å²) in [7, 11) is 3.28. The van der Waals surface area contributed by atoms with Gasteiger partial charge >= 0.3 is 0 Å². The minimum Gasteiger partial charge on any atom is -0.497 e. The summed E-state index contributed by atoms with van der Waals surface area (Å²) < 4.78 is 11.9. The van der Waals surface area contributed by atoms with E-state index in [-0.39, 0.29) is 0 Å². The molecule has 2 rings (SSSR count). The van der Waals surface area contributed by atoms with Crippen LogP contribution >= 0.6 is 0 Å². The van der Waals surface area contributed by atoms with E-state index >= 15 is 0 Å². The first-order valence-electron chi connectivity index (χ1n) is 5.95. The summed E-state index contributed by atoms with van der Waals surface area (Å²) in [6.07, 6.45) is 0.832. The van der Waals surface area contributed by atoms with Gasteiger partial charge < -0.3 is 15.2 Å².